The number of amides is 1. The predicted octanol–water partition coefficient (Wildman–Crippen LogP) is 4.48. The van der Waals surface area contributed by atoms with Crippen molar-refractivity contribution in [1.82, 2.24) is 4.31 Å². The molecule has 2 N–H and O–H groups in total. The Labute approximate surface area is 184 Å². The molecule has 0 aliphatic carbocycles. The summed E-state index contributed by atoms with van der Waals surface area (Å²) in [7, 11) is -3.67. The summed E-state index contributed by atoms with van der Waals surface area (Å²) < 4.78 is 27.4. The Hall–Kier alpha value is -2.33. The highest BCUT2D eigenvalue weighted by atomic mass is 32.2. The minimum atomic E-state index is -3.67. The van der Waals surface area contributed by atoms with Crippen molar-refractivity contribution in [3.8, 4) is 0 Å². The van der Waals surface area contributed by atoms with Gasteiger partial charge in [-0.1, -0.05) is 18.2 Å². The lowest BCUT2D eigenvalue weighted by Gasteiger charge is -2.25. The van der Waals surface area contributed by atoms with Gasteiger partial charge in [-0.15, -0.1) is 11.3 Å². The van der Waals surface area contributed by atoms with Crippen LogP contribution in [0.4, 0.5) is 17.1 Å². The number of nitrogens with one attached hydrogen (secondary N) is 2. The summed E-state index contributed by atoms with van der Waals surface area (Å²) in [6, 6.07) is 18.6. The maximum atomic E-state index is 13.0. The van der Waals surface area contributed by atoms with E-state index in [-0.39, 0.29) is 9.77 Å². The second-order valence-corrected chi connectivity index (χ2v) is 10.7. The van der Waals surface area contributed by atoms with E-state index in [4.69, 9.17) is 0 Å². The highest BCUT2D eigenvalue weighted by molar-refractivity contribution is 7.99. The smallest absolute Gasteiger partial charge is 0.267 e. The normalized spacial score (nSPS) is 14.9. The van der Waals surface area contributed by atoms with E-state index in [1.54, 1.807) is 29.3 Å². The summed E-state index contributed by atoms with van der Waals surface area (Å²) in [5.74, 6) is 1.13. The third-order valence-corrected chi connectivity index (χ3v) is 8.55. The van der Waals surface area contributed by atoms with Crippen LogP contribution in [0.1, 0.15) is 9.67 Å². The molecule has 1 aliphatic heterocycles. The van der Waals surface area contributed by atoms with Crippen LogP contribution in [-0.4, -0.2) is 43.2 Å². The first kappa shape index (κ1) is 20.9. The van der Waals surface area contributed by atoms with Gasteiger partial charge in [0.2, 0.25) is 10.0 Å². The van der Waals surface area contributed by atoms with Crippen molar-refractivity contribution in [2.24, 2.45) is 0 Å². The number of para-hydroxylation sites is 1. The zero-order valence-corrected chi connectivity index (χ0v) is 18.5. The molecule has 2 aromatic carbocycles. The lowest BCUT2D eigenvalue weighted by atomic mass is 10.2. The molecule has 0 radical (unpaired) electrons. The molecule has 4 rings (SSSR count). The van der Waals surface area contributed by atoms with Crippen LogP contribution in [0.15, 0.2) is 70.9 Å². The van der Waals surface area contributed by atoms with Crippen molar-refractivity contribution >= 4 is 56.1 Å². The molecule has 1 fully saturated rings. The maximum Gasteiger partial charge on any atom is 0.267 e. The zero-order valence-electron chi connectivity index (χ0n) is 16.1. The lowest BCUT2D eigenvalue weighted by Crippen LogP contribution is -2.38. The third kappa shape index (κ3) is 4.70. The SMILES string of the molecule is O=C(Nc1ccc(Nc2ccccc2)cc1)c1sccc1S(=O)(=O)N1CCSCC1. The van der Waals surface area contributed by atoms with Crippen LogP contribution in [0, 0.1) is 0 Å². The quantitative estimate of drug-likeness (QED) is 0.568. The molecular weight excluding hydrogens is 438 g/mol. The molecule has 0 bridgehead atoms. The van der Waals surface area contributed by atoms with Crippen molar-refractivity contribution in [3.63, 3.8) is 0 Å². The number of carbonyl (C=O) groups is 1. The molecule has 6 nitrogen and oxygen atoms in total. The van der Waals surface area contributed by atoms with E-state index in [1.165, 1.54) is 10.4 Å². The number of hydrogen-bond acceptors (Lipinski definition) is 6. The van der Waals surface area contributed by atoms with E-state index in [0.29, 0.717) is 18.8 Å². The molecular formula is C21H21N3O3S3. The third-order valence-electron chi connectivity index (χ3n) is 4.63. The number of carbonyl (C=O) groups excluding carboxylic acids is 1. The summed E-state index contributed by atoms with van der Waals surface area (Å²) >= 11 is 2.88. The Morgan fingerprint density at radius 1 is 0.867 bits per heavy atom. The van der Waals surface area contributed by atoms with Crippen LogP contribution >= 0.6 is 23.1 Å². The van der Waals surface area contributed by atoms with Crippen LogP contribution in [0.3, 0.4) is 0 Å². The molecule has 9 heteroatoms. The fraction of sp³-hybridized carbons (Fsp3) is 0.190. The first-order valence-electron chi connectivity index (χ1n) is 9.43. The molecule has 0 spiro atoms. The summed E-state index contributed by atoms with van der Waals surface area (Å²) in [6.07, 6.45) is 0. The molecule has 3 aromatic rings. The number of hydrogen-bond donors (Lipinski definition) is 2. The molecule has 1 amide bonds. The first-order chi connectivity index (χ1) is 14.5. The Balaban J connectivity index is 1.46. The van der Waals surface area contributed by atoms with Crippen molar-refractivity contribution in [2.75, 3.05) is 35.2 Å². The standard InChI is InChI=1S/C21H21N3O3S3/c25-21(20-19(10-13-29-20)30(26,27)24-11-14-28-15-12-24)23-18-8-6-17(7-9-18)22-16-4-2-1-3-5-16/h1-10,13,22H,11-12,14-15H2,(H,23,25). The van der Waals surface area contributed by atoms with Gasteiger partial charge < -0.3 is 10.6 Å². The van der Waals surface area contributed by atoms with Gasteiger partial charge in [0, 0.05) is 41.7 Å². The monoisotopic (exact) mass is 459 g/mol. The highest BCUT2D eigenvalue weighted by Gasteiger charge is 2.31. The summed E-state index contributed by atoms with van der Waals surface area (Å²) in [4.78, 5) is 13.1. The predicted molar refractivity (Wildman–Crippen MR) is 125 cm³/mol. The van der Waals surface area contributed by atoms with Crippen molar-refractivity contribution in [2.45, 2.75) is 4.90 Å². The van der Waals surface area contributed by atoms with Gasteiger partial charge in [0.15, 0.2) is 0 Å². The molecule has 0 unspecified atom stereocenters. The number of anilines is 3. The topological polar surface area (TPSA) is 78.5 Å². The van der Waals surface area contributed by atoms with Crippen LogP contribution in [-0.2, 0) is 10.0 Å². The Morgan fingerprint density at radius 3 is 2.20 bits per heavy atom. The minimum absolute atomic E-state index is 0.0827. The average molecular weight is 460 g/mol. The maximum absolute atomic E-state index is 13.0. The number of sulfonamides is 1. The Kier molecular flexibility index (Phi) is 6.43. The fourth-order valence-corrected chi connectivity index (χ4v) is 6.98. The number of thiophene rings is 1. The summed E-state index contributed by atoms with van der Waals surface area (Å²) in [5.41, 5.74) is 2.46. The molecule has 30 heavy (non-hydrogen) atoms. The largest absolute Gasteiger partial charge is 0.356 e. The van der Waals surface area contributed by atoms with Gasteiger partial charge in [-0.25, -0.2) is 8.42 Å². The molecule has 156 valence electrons. The van der Waals surface area contributed by atoms with E-state index in [0.717, 1.165) is 34.2 Å². The van der Waals surface area contributed by atoms with E-state index in [1.807, 2.05) is 42.5 Å². The van der Waals surface area contributed by atoms with E-state index >= 15 is 0 Å². The summed E-state index contributed by atoms with van der Waals surface area (Å²) in [5, 5.41) is 7.73. The van der Waals surface area contributed by atoms with Crippen LogP contribution < -0.4 is 10.6 Å². The number of thioether (sulfide) groups is 1. The second-order valence-electron chi connectivity index (χ2n) is 6.65. The zero-order chi connectivity index (χ0) is 21.0. The van der Waals surface area contributed by atoms with Gasteiger partial charge in [-0.2, -0.15) is 16.1 Å². The van der Waals surface area contributed by atoms with E-state index < -0.39 is 15.9 Å². The van der Waals surface area contributed by atoms with Gasteiger partial charge in [-0.05, 0) is 47.8 Å². The molecule has 1 aromatic heterocycles. The minimum Gasteiger partial charge on any atom is -0.356 e. The van der Waals surface area contributed by atoms with Gasteiger partial charge in [0.25, 0.3) is 5.91 Å². The van der Waals surface area contributed by atoms with Gasteiger partial charge >= 0.3 is 0 Å². The first-order valence-corrected chi connectivity index (χ1v) is 12.9. The van der Waals surface area contributed by atoms with Gasteiger partial charge in [0.05, 0.1) is 0 Å². The van der Waals surface area contributed by atoms with Crippen molar-refractivity contribution < 1.29 is 13.2 Å². The molecule has 1 aliphatic rings. The van der Waals surface area contributed by atoms with Gasteiger partial charge in [-0.3, -0.25) is 4.79 Å². The molecule has 2 heterocycles. The Bertz CT molecular complexity index is 1110. The average Bonchev–Trinajstić information content (AvgIpc) is 3.28. The van der Waals surface area contributed by atoms with Gasteiger partial charge in [0.1, 0.15) is 9.77 Å². The van der Waals surface area contributed by atoms with Crippen molar-refractivity contribution in [3.05, 3.63) is 70.9 Å². The fourth-order valence-electron chi connectivity index (χ4n) is 3.11. The van der Waals surface area contributed by atoms with Crippen LogP contribution in [0.5, 0.6) is 0 Å². The summed E-state index contributed by atoms with van der Waals surface area (Å²) in [6.45, 7) is 0.944. The molecule has 1 saturated heterocycles. The number of nitrogens with zero attached hydrogens (tertiary/aromatic N) is 1. The van der Waals surface area contributed by atoms with E-state index in [9.17, 15) is 13.2 Å². The second kappa shape index (κ2) is 9.22. The molecule has 0 atom stereocenters. The molecule has 0 saturated carbocycles. The van der Waals surface area contributed by atoms with Crippen LogP contribution in [0.2, 0.25) is 0 Å². The van der Waals surface area contributed by atoms with Crippen LogP contribution in [0.25, 0.3) is 0 Å². The Morgan fingerprint density at radius 2 is 1.50 bits per heavy atom. The van der Waals surface area contributed by atoms with E-state index in [2.05, 4.69) is 10.6 Å². The lowest BCUT2D eigenvalue weighted by molar-refractivity contribution is 0.102. The highest BCUT2D eigenvalue weighted by Crippen LogP contribution is 2.28. The number of benzene rings is 2. The number of rotatable bonds is 6. The van der Waals surface area contributed by atoms with Crippen molar-refractivity contribution in [1.29, 1.82) is 0 Å².